The Balaban J connectivity index is 1.67. The minimum absolute atomic E-state index is 0.105. The van der Waals surface area contributed by atoms with Crippen molar-refractivity contribution in [2.45, 2.75) is 59.6 Å². The van der Waals surface area contributed by atoms with E-state index in [0.29, 0.717) is 35.2 Å². The van der Waals surface area contributed by atoms with Crippen molar-refractivity contribution < 1.29 is 14.3 Å². The number of halogens is 1. The summed E-state index contributed by atoms with van der Waals surface area (Å²) in [6.45, 7) is 9.30. The van der Waals surface area contributed by atoms with Gasteiger partial charge in [-0.3, -0.25) is 4.79 Å². The van der Waals surface area contributed by atoms with Gasteiger partial charge in [-0.1, -0.05) is 11.6 Å². The molecule has 32 heavy (non-hydrogen) atoms. The number of hydrogen-bond acceptors (Lipinski definition) is 6. The van der Waals surface area contributed by atoms with Crippen LogP contribution in [0.1, 0.15) is 50.0 Å². The zero-order valence-corrected chi connectivity index (χ0v) is 19.6. The number of carbonyl (C=O) groups is 2. The molecule has 3 aromatic rings. The molecule has 0 unspecified atom stereocenters. The Morgan fingerprint density at radius 1 is 1.12 bits per heavy atom. The number of carbonyl (C=O) groups excluding carboxylic acids is 2. The first-order valence-electron chi connectivity index (χ1n) is 10.3. The number of hydrogen-bond donors (Lipinski definition) is 2. The molecule has 0 radical (unpaired) electrons. The molecule has 1 aromatic carbocycles. The number of ether oxygens (including phenoxy) is 1. The Morgan fingerprint density at radius 3 is 2.47 bits per heavy atom. The van der Waals surface area contributed by atoms with Gasteiger partial charge in [0, 0.05) is 28.5 Å². The molecule has 170 valence electrons. The van der Waals surface area contributed by atoms with E-state index >= 15 is 0 Å². The maximum Gasteiger partial charge on any atom is 0.408 e. The van der Waals surface area contributed by atoms with Gasteiger partial charge in [-0.05, 0) is 70.9 Å². The Hall–Kier alpha value is -3.20. The highest BCUT2D eigenvalue weighted by molar-refractivity contribution is 6.30. The predicted octanol–water partition coefficient (Wildman–Crippen LogP) is 3.99. The number of nitrogens with one attached hydrogen (secondary N) is 2. The summed E-state index contributed by atoms with van der Waals surface area (Å²) in [5, 5.41) is 10.6. The zero-order chi connectivity index (χ0) is 23.5. The minimum atomic E-state index is -0.583. The van der Waals surface area contributed by atoms with Gasteiger partial charge in [0.2, 0.25) is 5.91 Å². The molecule has 0 saturated carbocycles. The standard InChI is InChI=1S/C22H27ClN6O3/c1-13-17(10-11-19(30)26-16-8-6-15(23)7-9-16)14(2)29-20(25-13)27-18(28-29)12-24-21(31)32-22(3,4)5/h6-9H,10-12H2,1-5H3,(H,24,31)(H,26,30). The lowest BCUT2D eigenvalue weighted by molar-refractivity contribution is -0.116. The van der Waals surface area contributed by atoms with Gasteiger partial charge in [-0.25, -0.2) is 14.3 Å². The van der Waals surface area contributed by atoms with Gasteiger partial charge in [-0.2, -0.15) is 4.98 Å². The Labute approximate surface area is 191 Å². The van der Waals surface area contributed by atoms with Gasteiger partial charge in [0.05, 0.1) is 6.54 Å². The molecule has 2 heterocycles. The molecular formula is C22H27ClN6O3. The molecule has 2 aromatic heterocycles. The van der Waals surface area contributed by atoms with E-state index in [1.54, 1.807) is 49.6 Å². The Kier molecular flexibility index (Phi) is 6.98. The molecule has 0 fully saturated rings. The van der Waals surface area contributed by atoms with Gasteiger partial charge >= 0.3 is 6.09 Å². The fourth-order valence-corrected chi connectivity index (χ4v) is 3.27. The summed E-state index contributed by atoms with van der Waals surface area (Å²) in [5.41, 5.74) is 2.68. The van der Waals surface area contributed by atoms with E-state index in [0.717, 1.165) is 17.0 Å². The van der Waals surface area contributed by atoms with Gasteiger partial charge < -0.3 is 15.4 Å². The third kappa shape index (κ3) is 6.16. The number of fused-ring (bicyclic) bond motifs is 1. The van der Waals surface area contributed by atoms with Crippen LogP contribution in [0, 0.1) is 13.8 Å². The van der Waals surface area contributed by atoms with E-state index in [9.17, 15) is 9.59 Å². The second-order valence-corrected chi connectivity index (χ2v) is 8.85. The number of anilines is 1. The first-order valence-corrected chi connectivity index (χ1v) is 10.6. The van der Waals surface area contributed by atoms with Crippen LogP contribution in [0.2, 0.25) is 5.02 Å². The van der Waals surface area contributed by atoms with Crippen molar-refractivity contribution in [2.75, 3.05) is 5.32 Å². The molecule has 9 nitrogen and oxygen atoms in total. The van der Waals surface area contributed by atoms with E-state index in [2.05, 4.69) is 25.7 Å². The molecule has 0 spiro atoms. The van der Waals surface area contributed by atoms with Crippen LogP contribution in [0.5, 0.6) is 0 Å². The summed E-state index contributed by atoms with van der Waals surface area (Å²) in [7, 11) is 0. The quantitative estimate of drug-likeness (QED) is 0.577. The van der Waals surface area contributed by atoms with Gasteiger partial charge in [0.1, 0.15) is 5.60 Å². The largest absolute Gasteiger partial charge is 0.444 e. The van der Waals surface area contributed by atoms with Crippen molar-refractivity contribution in [2.24, 2.45) is 0 Å². The lowest BCUT2D eigenvalue weighted by atomic mass is 10.1. The summed E-state index contributed by atoms with van der Waals surface area (Å²) in [5.74, 6) is 0.755. The highest BCUT2D eigenvalue weighted by Gasteiger charge is 2.18. The lowest BCUT2D eigenvalue weighted by Crippen LogP contribution is -2.32. The minimum Gasteiger partial charge on any atom is -0.444 e. The van der Waals surface area contributed by atoms with Crippen LogP contribution >= 0.6 is 11.6 Å². The van der Waals surface area contributed by atoms with Crippen molar-refractivity contribution in [1.29, 1.82) is 0 Å². The molecule has 0 aliphatic heterocycles. The summed E-state index contributed by atoms with van der Waals surface area (Å²) in [4.78, 5) is 33.1. The number of nitrogens with zero attached hydrogens (tertiary/aromatic N) is 4. The first-order chi connectivity index (χ1) is 15.0. The smallest absolute Gasteiger partial charge is 0.408 e. The molecule has 0 saturated heterocycles. The van der Waals surface area contributed by atoms with Crippen molar-refractivity contribution in [1.82, 2.24) is 24.9 Å². The monoisotopic (exact) mass is 458 g/mol. The maximum absolute atomic E-state index is 12.4. The number of amides is 2. The van der Waals surface area contributed by atoms with Crippen molar-refractivity contribution in [3.8, 4) is 0 Å². The van der Waals surface area contributed by atoms with Crippen molar-refractivity contribution in [3.63, 3.8) is 0 Å². The topological polar surface area (TPSA) is 111 Å². The maximum atomic E-state index is 12.4. The van der Waals surface area contributed by atoms with Crippen molar-refractivity contribution in [3.05, 3.63) is 52.1 Å². The number of aromatic nitrogens is 4. The highest BCUT2D eigenvalue weighted by atomic mass is 35.5. The fraction of sp³-hybridized carbons (Fsp3) is 0.409. The number of alkyl carbamates (subject to hydrolysis) is 1. The summed E-state index contributed by atoms with van der Waals surface area (Å²) in [6.07, 6.45) is 0.259. The molecular weight excluding hydrogens is 432 g/mol. The third-order valence-electron chi connectivity index (χ3n) is 4.61. The number of aryl methyl sites for hydroxylation is 2. The first kappa shape index (κ1) is 23.5. The van der Waals surface area contributed by atoms with Gasteiger partial charge in [0.25, 0.3) is 5.78 Å². The fourth-order valence-electron chi connectivity index (χ4n) is 3.15. The molecule has 0 aliphatic rings. The van der Waals surface area contributed by atoms with E-state index in [-0.39, 0.29) is 12.5 Å². The highest BCUT2D eigenvalue weighted by Crippen LogP contribution is 2.17. The summed E-state index contributed by atoms with van der Waals surface area (Å²) < 4.78 is 6.86. The van der Waals surface area contributed by atoms with Crippen LogP contribution in [-0.2, 0) is 22.5 Å². The van der Waals surface area contributed by atoms with Crippen molar-refractivity contribution >= 4 is 35.1 Å². The molecule has 3 rings (SSSR count). The molecule has 0 aliphatic carbocycles. The average Bonchev–Trinajstić information content (AvgIpc) is 3.10. The average molecular weight is 459 g/mol. The second kappa shape index (κ2) is 9.52. The molecule has 10 heteroatoms. The molecule has 2 amide bonds. The van der Waals surface area contributed by atoms with E-state index < -0.39 is 11.7 Å². The molecule has 2 N–H and O–H groups in total. The summed E-state index contributed by atoms with van der Waals surface area (Å²) in [6, 6.07) is 6.96. The molecule has 0 bridgehead atoms. The van der Waals surface area contributed by atoms with Crippen LogP contribution in [-0.4, -0.2) is 37.2 Å². The SMILES string of the molecule is Cc1nc2nc(CNC(=O)OC(C)(C)C)nn2c(C)c1CCC(=O)Nc1ccc(Cl)cc1. The van der Waals surface area contributed by atoms with Crippen LogP contribution in [0.25, 0.3) is 5.78 Å². The zero-order valence-electron chi connectivity index (χ0n) is 18.8. The van der Waals surface area contributed by atoms with Crippen LogP contribution in [0.15, 0.2) is 24.3 Å². The predicted molar refractivity (Wildman–Crippen MR) is 122 cm³/mol. The van der Waals surface area contributed by atoms with Crippen LogP contribution in [0.4, 0.5) is 10.5 Å². The number of rotatable bonds is 6. The van der Waals surface area contributed by atoms with Crippen LogP contribution < -0.4 is 10.6 Å². The van der Waals surface area contributed by atoms with E-state index in [1.807, 2.05) is 13.8 Å². The molecule has 0 atom stereocenters. The summed E-state index contributed by atoms with van der Waals surface area (Å²) >= 11 is 5.87. The number of benzene rings is 1. The Morgan fingerprint density at radius 2 is 1.81 bits per heavy atom. The van der Waals surface area contributed by atoms with Gasteiger partial charge in [-0.15, -0.1) is 5.10 Å². The van der Waals surface area contributed by atoms with E-state index in [4.69, 9.17) is 16.3 Å². The lowest BCUT2D eigenvalue weighted by Gasteiger charge is -2.19. The third-order valence-corrected chi connectivity index (χ3v) is 4.86. The Bertz CT molecular complexity index is 1140. The van der Waals surface area contributed by atoms with Crippen LogP contribution in [0.3, 0.4) is 0 Å². The second-order valence-electron chi connectivity index (χ2n) is 8.41. The normalized spacial score (nSPS) is 11.4. The van der Waals surface area contributed by atoms with E-state index in [1.165, 1.54) is 0 Å². The van der Waals surface area contributed by atoms with Gasteiger partial charge in [0.15, 0.2) is 5.82 Å².